The van der Waals surface area contributed by atoms with E-state index >= 15 is 0 Å². The smallest absolute Gasteiger partial charge is 0.120 e. The maximum atomic E-state index is 10.1. The Morgan fingerprint density at radius 1 is 1.64 bits per heavy atom. The molecule has 0 radical (unpaired) electrons. The second-order valence-electron chi connectivity index (χ2n) is 3.43. The summed E-state index contributed by atoms with van der Waals surface area (Å²) in [6.07, 6.45) is 5.36. The maximum Gasteiger partial charge on any atom is 0.120 e. The van der Waals surface area contributed by atoms with Gasteiger partial charge in [-0.2, -0.15) is 0 Å². The summed E-state index contributed by atoms with van der Waals surface area (Å²) in [5, 5.41) is 0. The summed E-state index contributed by atoms with van der Waals surface area (Å²) in [5.74, 6) is 0.623. The van der Waals surface area contributed by atoms with Crippen LogP contribution in [0, 0.1) is 5.92 Å². The summed E-state index contributed by atoms with van der Waals surface area (Å²) in [6, 6.07) is 0. The zero-order valence-corrected chi connectivity index (χ0v) is 7.39. The topological polar surface area (TPSA) is 17.1 Å². The van der Waals surface area contributed by atoms with Crippen LogP contribution >= 0.6 is 0 Å². The van der Waals surface area contributed by atoms with Crippen molar-refractivity contribution in [1.82, 2.24) is 0 Å². The zero-order valence-electron chi connectivity index (χ0n) is 7.39. The molecule has 0 heterocycles. The molecular formula is C10H16O. The number of hydrogen-bond donors (Lipinski definition) is 0. The summed E-state index contributed by atoms with van der Waals surface area (Å²) in [5.41, 5.74) is 3.16. The third kappa shape index (κ3) is 2.49. The first-order valence-electron chi connectivity index (χ1n) is 4.38. The molecule has 1 nitrogen and oxygen atoms in total. The van der Waals surface area contributed by atoms with Crippen LogP contribution in [0.1, 0.15) is 39.5 Å². The Kier molecular flexibility index (Phi) is 2.86. The van der Waals surface area contributed by atoms with E-state index in [1.54, 1.807) is 5.57 Å². The van der Waals surface area contributed by atoms with Crippen LogP contribution in [-0.4, -0.2) is 6.29 Å². The molecule has 1 aliphatic rings. The van der Waals surface area contributed by atoms with Gasteiger partial charge in [0.15, 0.2) is 0 Å². The van der Waals surface area contributed by atoms with Gasteiger partial charge in [-0.15, -0.1) is 0 Å². The summed E-state index contributed by atoms with van der Waals surface area (Å²) >= 11 is 0. The molecule has 0 bridgehead atoms. The third-order valence-corrected chi connectivity index (χ3v) is 2.51. The largest absolute Gasteiger partial charge is 0.303 e. The van der Waals surface area contributed by atoms with Gasteiger partial charge in [0.05, 0.1) is 0 Å². The fourth-order valence-corrected chi connectivity index (χ4v) is 1.34. The first kappa shape index (κ1) is 8.51. The molecule has 0 amide bonds. The SMILES string of the molecule is CC(=C1CC1)C(C)CCC=O. The van der Waals surface area contributed by atoms with E-state index in [2.05, 4.69) is 13.8 Å². The summed E-state index contributed by atoms with van der Waals surface area (Å²) in [6.45, 7) is 4.42. The fourth-order valence-electron chi connectivity index (χ4n) is 1.34. The van der Waals surface area contributed by atoms with E-state index in [9.17, 15) is 4.79 Å². The van der Waals surface area contributed by atoms with E-state index in [0.717, 1.165) is 12.7 Å². The number of hydrogen-bond acceptors (Lipinski definition) is 1. The molecule has 0 aliphatic heterocycles. The molecule has 0 spiro atoms. The molecule has 0 aromatic rings. The summed E-state index contributed by atoms with van der Waals surface area (Å²) in [4.78, 5) is 10.1. The average Bonchev–Trinajstić information content (AvgIpc) is 2.81. The maximum absolute atomic E-state index is 10.1. The molecule has 1 rings (SSSR count). The van der Waals surface area contributed by atoms with Crippen molar-refractivity contribution in [1.29, 1.82) is 0 Å². The Morgan fingerprint density at radius 2 is 2.27 bits per heavy atom. The molecule has 0 N–H and O–H groups in total. The fraction of sp³-hybridized carbons (Fsp3) is 0.700. The molecule has 62 valence electrons. The highest BCUT2D eigenvalue weighted by atomic mass is 16.1. The van der Waals surface area contributed by atoms with Gasteiger partial charge in [0.25, 0.3) is 0 Å². The quantitative estimate of drug-likeness (QED) is 0.447. The highest BCUT2D eigenvalue weighted by Crippen LogP contribution is 2.35. The van der Waals surface area contributed by atoms with Crippen LogP contribution in [0.25, 0.3) is 0 Å². The highest BCUT2D eigenvalue weighted by Gasteiger charge is 2.17. The van der Waals surface area contributed by atoms with Gasteiger partial charge in [-0.25, -0.2) is 0 Å². The van der Waals surface area contributed by atoms with E-state index in [4.69, 9.17) is 0 Å². The molecule has 0 aromatic heterocycles. The van der Waals surface area contributed by atoms with Gasteiger partial charge >= 0.3 is 0 Å². The second kappa shape index (κ2) is 3.70. The van der Waals surface area contributed by atoms with Crippen LogP contribution in [0.2, 0.25) is 0 Å². The van der Waals surface area contributed by atoms with Crippen molar-refractivity contribution in [3.8, 4) is 0 Å². The molecule has 0 saturated heterocycles. The molecular weight excluding hydrogens is 136 g/mol. The van der Waals surface area contributed by atoms with Crippen LogP contribution in [0.4, 0.5) is 0 Å². The van der Waals surface area contributed by atoms with Crippen molar-refractivity contribution in [3.05, 3.63) is 11.1 Å². The lowest BCUT2D eigenvalue weighted by Crippen LogP contribution is -1.96. The number of carbonyl (C=O) groups excluding carboxylic acids is 1. The van der Waals surface area contributed by atoms with E-state index in [-0.39, 0.29) is 0 Å². The molecule has 1 unspecified atom stereocenters. The van der Waals surface area contributed by atoms with Gasteiger partial charge < -0.3 is 4.79 Å². The molecule has 1 atom stereocenters. The van der Waals surface area contributed by atoms with E-state index < -0.39 is 0 Å². The molecule has 11 heavy (non-hydrogen) atoms. The van der Waals surface area contributed by atoms with E-state index in [0.29, 0.717) is 12.3 Å². The Bertz CT molecular complexity index is 173. The first-order chi connectivity index (χ1) is 5.25. The molecule has 1 aliphatic carbocycles. The lowest BCUT2D eigenvalue weighted by atomic mass is 9.97. The van der Waals surface area contributed by atoms with Crippen LogP contribution in [-0.2, 0) is 4.79 Å². The summed E-state index contributed by atoms with van der Waals surface area (Å²) in [7, 11) is 0. The second-order valence-corrected chi connectivity index (χ2v) is 3.43. The Balaban J connectivity index is 2.34. The predicted octanol–water partition coefficient (Wildman–Crippen LogP) is 2.71. The van der Waals surface area contributed by atoms with Gasteiger partial charge in [0, 0.05) is 6.42 Å². The number of rotatable bonds is 4. The van der Waals surface area contributed by atoms with Crippen LogP contribution < -0.4 is 0 Å². The number of allylic oxidation sites excluding steroid dienone is 2. The van der Waals surface area contributed by atoms with Gasteiger partial charge in [0.1, 0.15) is 6.29 Å². The monoisotopic (exact) mass is 152 g/mol. The Morgan fingerprint density at radius 3 is 2.73 bits per heavy atom. The standard InChI is InChI=1S/C10H16O/c1-8(4-3-7-11)9(2)10-5-6-10/h7-8H,3-6H2,1-2H3. The van der Waals surface area contributed by atoms with Crippen molar-refractivity contribution in [2.45, 2.75) is 39.5 Å². The lowest BCUT2D eigenvalue weighted by Gasteiger charge is -2.09. The predicted molar refractivity (Wildman–Crippen MR) is 46.4 cm³/mol. The average molecular weight is 152 g/mol. The minimum atomic E-state index is 0.623. The molecule has 1 saturated carbocycles. The van der Waals surface area contributed by atoms with E-state index in [1.807, 2.05) is 0 Å². The van der Waals surface area contributed by atoms with Gasteiger partial charge in [0.2, 0.25) is 0 Å². The number of carbonyl (C=O) groups is 1. The van der Waals surface area contributed by atoms with Crippen molar-refractivity contribution in [2.75, 3.05) is 0 Å². The lowest BCUT2D eigenvalue weighted by molar-refractivity contribution is -0.108. The van der Waals surface area contributed by atoms with Gasteiger partial charge in [-0.05, 0) is 32.1 Å². The minimum absolute atomic E-state index is 0.623. The highest BCUT2D eigenvalue weighted by molar-refractivity contribution is 5.49. The van der Waals surface area contributed by atoms with Crippen LogP contribution in [0.15, 0.2) is 11.1 Å². The first-order valence-corrected chi connectivity index (χ1v) is 4.38. The van der Waals surface area contributed by atoms with Crippen LogP contribution in [0.5, 0.6) is 0 Å². The third-order valence-electron chi connectivity index (χ3n) is 2.51. The van der Waals surface area contributed by atoms with Crippen molar-refractivity contribution in [2.24, 2.45) is 5.92 Å². The van der Waals surface area contributed by atoms with Crippen molar-refractivity contribution >= 4 is 6.29 Å². The van der Waals surface area contributed by atoms with Crippen LogP contribution in [0.3, 0.4) is 0 Å². The van der Waals surface area contributed by atoms with Crippen molar-refractivity contribution < 1.29 is 4.79 Å². The zero-order chi connectivity index (χ0) is 8.27. The van der Waals surface area contributed by atoms with Gasteiger partial charge in [-0.1, -0.05) is 18.1 Å². The molecule has 1 fully saturated rings. The molecule has 1 heteroatoms. The Labute approximate surface area is 68.5 Å². The normalized spacial score (nSPS) is 17.8. The molecule has 0 aromatic carbocycles. The number of aldehydes is 1. The van der Waals surface area contributed by atoms with E-state index in [1.165, 1.54) is 18.4 Å². The summed E-state index contributed by atoms with van der Waals surface area (Å²) < 4.78 is 0. The minimum Gasteiger partial charge on any atom is -0.303 e. The van der Waals surface area contributed by atoms with Gasteiger partial charge in [-0.3, -0.25) is 0 Å². The Hall–Kier alpha value is -0.590. The van der Waals surface area contributed by atoms with Crippen molar-refractivity contribution in [3.63, 3.8) is 0 Å².